The fourth-order valence-electron chi connectivity index (χ4n) is 4.01. The molecule has 2 aliphatic rings. The minimum absolute atomic E-state index is 0.0262. The van der Waals surface area contributed by atoms with Gasteiger partial charge in [-0.1, -0.05) is 6.07 Å². The van der Waals surface area contributed by atoms with Crippen LogP contribution in [0.2, 0.25) is 0 Å². The van der Waals surface area contributed by atoms with Gasteiger partial charge in [-0.2, -0.15) is 0 Å². The summed E-state index contributed by atoms with van der Waals surface area (Å²) in [6.45, 7) is 4.19. The van der Waals surface area contributed by atoms with Gasteiger partial charge in [0.05, 0.1) is 24.5 Å². The molecule has 7 nitrogen and oxygen atoms in total. The normalized spacial score (nSPS) is 21.6. The molecule has 2 aromatic rings. The molecule has 4 rings (SSSR count). The highest BCUT2D eigenvalue weighted by Crippen LogP contribution is 2.38. The van der Waals surface area contributed by atoms with E-state index >= 15 is 0 Å². The Balaban J connectivity index is 1.64. The predicted molar refractivity (Wildman–Crippen MR) is 112 cm³/mol. The first-order valence-corrected chi connectivity index (χ1v) is 10.3. The number of pyridine rings is 1. The Labute approximate surface area is 179 Å². The zero-order valence-corrected chi connectivity index (χ0v) is 17.0. The average Bonchev–Trinajstić information content (AvgIpc) is 3.05. The van der Waals surface area contributed by atoms with E-state index in [1.807, 2.05) is 0 Å². The zero-order chi connectivity index (χ0) is 21.8. The molecule has 31 heavy (non-hydrogen) atoms. The van der Waals surface area contributed by atoms with E-state index in [2.05, 4.69) is 9.88 Å². The first-order valence-electron chi connectivity index (χ1n) is 10.3. The Morgan fingerprint density at radius 3 is 2.52 bits per heavy atom. The summed E-state index contributed by atoms with van der Waals surface area (Å²) >= 11 is 0. The standard InChI is InChI=1S/C23H24FN3O4/c24-17-7-5-16(6-8-17)21(28)19-20(18-4-1-2-9-25-18)27(23(30)22(19)29)11-3-10-26-12-14-31-15-13-26/h1-2,4-9,20,28H,3,10-15H2/b21-19+/t20-/m1/s1. The van der Waals surface area contributed by atoms with Crippen LogP contribution in [0.1, 0.15) is 23.7 Å². The van der Waals surface area contributed by atoms with Crippen molar-refractivity contribution in [2.24, 2.45) is 0 Å². The number of rotatable bonds is 6. The quantitative estimate of drug-likeness (QED) is 0.435. The van der Waals surface area contributed by atoms with E-state index in [0.29, 0.717) is 31.9 Å². The van der Waals surface area contributed by atoms with Gasteiger partial charge in [-0.25, -0.2) is 4.39 Å². The zero-order valence-electron chi connectivity index (χ0n) is 17.0. The lowest BCUT2D eigenvalue weighted by atomic mass is 9.98. The summed E-state index contributed by atoms with van der Waals surface area (Å²) in [4.78, 5) is 33.9. The second-order valence-corrected chi connectivity index (χ2v) is 7.56. The van der Waals surface area contributed by atoms with Crippen molar-refractivity contribution < 1.29 is 23.8 Å². The van der Waals surface area contributed by atoms with Crippen LogP contribution >= 0.6 is 0 Å². The summed E-state index contributed by atoms with van der Waals surface area (Å²) in [5, 5.41) is 10.9. The molecule has 0 saturated carbocycles. The van der Waals surface area contributed by atoms with Crippen LogP contribution in [0.15, 0.2) is 54.2 Å². The van der Waals surface area contributed by atoms with Gasteiger partial charge >= 0.3 is 0 Å². The largest absolute Gasteiger partial charge is 0.507 e. The lowest BCUT2D eigenvalue weighted by Gasteiger charge is -2.28. The molecule has 0 radical (unpaired) electrons. The second-order valence-electron chi connectivity index (χ2n) is 7.56. The predicted octanol–water partition coefficient (Wildman–Crippen LogP) is 2.36. The molecule has 0 bridgehead atoms. The van der Waals surface area contributed by atoms with Crippen molar-refractivity contribution in [1.29, 1.82) is 0 Å². The van der Waals surface area contributed by atoms with Crippen LogP contribution in [0.4, 0.5) is 4.39 Å². The molecule has 2 fully saturated rings. The van der Waals surface area contributed by atoms with E-state index in [1.165, 1.54) is 29.2 Å². The number of morpholine rings is 1. The Morgan fingerprint density at radius 2 is 1.84 bits per heavy atom. The van der Waals surface area contributed by atoms with Crippen molar-refractivity contribution >= 4 is 17.4 Å². The van der Waals surface area contributed by atoms with Gasteiger partial charge in [0, 0.05) is 37.9 Å². The third-order valence-corrected chi connectivity index (χ3v) is 5.60. The van der Waals surface area contributed by atoms with Crippen LogP contribution in [-0.4, -0.2) is 71.0 Å². The SMILES string of the molecule is O=C1C(=O)N(CCCN2CCOCC2)[C@H](c2ccccn2)/C1=C(\O)c1ccc(F)cc1. The molecule has 162 valence electrons. The van der Waals surface area contributed by atoms with Crippen LogP contribution in [0.3, 0.4) is 0 Å². The maximum absolute atomic E-state index is 13.3. The Hall–Kier alpha value is -3.10. The summed E-state index contributed by atoms with van der Waals surface area (Å²) < 4.78 is 18.7. The molecule has 1 aromatic heterocycles. The van der Waals surface area contributed by atoms with E-state index in [-0.39, 0.29) is 16.9 Å². The number of ether oxygens (including phenoxy) is 1. The average molecular weight is 425 g/mol. The lowest BCUT2D eigenvalue weighted by molar-refractivity contribution is -0.140. The van der Waals surface area contributed by atoms with Gasteiger partial charge in [-0.15, -0.1) is 0 Å². The number of ketones is 1. The van der Waals surface area contributed by atoms with Crippen molar-refractivity contribution in [3.05, 3.63) is 71.3 Å². The number of Topliss-reactive ketones (excluding diaryl/α,β-unsaturated/α-hetero) is 1. The van der Waals surface area contributed by atoms with Crippen LogP contribution in [0.5, 0.6) is 0 Å². The number of benzene rings is 1. The third-order valence-electron chi connectivity index (χ3n) is 5.60. The number of carbonyl (C=O) groups is 2. The topological polar surface area (TPSA) is 83.0 Å². The van der Waals surface area contributed by atoms with Crippen LogP contribution in [0.25, 0.3) is 5.76 Å². The second kappa shape index (κ2) is 9.36. The fourth-order valence-corrected chi connectivity index (χ4v) is 4.01. The molecule has 8 heteroatoms. The molecule has 1 atom stereocenters. The molecule has 0 aliphatic carbocycles. The third kappa shape index (κ3) is 4.50. The van der Waals surface area contributed by atoms with Crippen molar-refractivity contribution in [2.45, 2.75) is 12.5 Å². The highest BCUT2D eigenvalue weighted by atomic mass is 19.1. The van der Waals surface area contributed by atoms with E-state index in [0.717, 1.165) is 19.6 Å². The van der Waals surface area contributed by atoms with Crippen LogP contribution in [-0.2, 0) is 14.3 Å². The van der Waals surface area contributed by atoms with Gasteiger partial charge in [-0.3, -0.25) is 19.5 Å². The van der Waals surface area contributed by atoms with E-state index in [1.54, 1.807) is 24.4 Å². The van der Waals surface area contributed by atoms with Gasteiger partial charge in [0.1, 0.15) is 17.6 Å². The minimum Gasteiger partial charge on any atom is -0.507 e. The number of aromatic nitrogens is 1. The Bertz CT molecular complexity index is 972. The number of amides is 1. The number of aliphatic hydroxyl groups is 1. The summed E-state index contributed by atoms with van der Waals surface area (Å²) in [7, 11) is 0. The smallest absolute Gasteiger partial charge is 0.295 e. The summed E-state index contributed by atoms with van der Waals surface area (Å²) in [6.07, 6.45) is 2.26. The maximum atomic E-state index is 13.3. The summed E-state index contributed by atoms with van der Waals surface area (Å²) in [6, 6.07) is 9.60. The fraction of sp³-hybridized carbons (Fsp3) is 0.348. The van der Waals surface area contributed by atoms with Gasteiger partial charge < -0.3 is 14.7 Å². The molecule has 2 aliphatic heterocycles. The van der Waals surface area contributed by atoms with Crippen LogP contribution < -0.4 is 0 Å². The summed E-state index contributed by atoms with van der Waals surface area (Å²) in [5.41, 5.74) is 0.743. The number of nitrogens with zero attached hydrogens (tertiary/aromatic N) is 3. The van der Waals surface area contributed by atoms with Crippen molar-refractivity contribution in [2.75, 3.05) is 39.4 Å². The number of carbonyl (C=O) groups excluding carboxylic acids is 2. The molecule has 1 N–H and O–H groups in total. The van der Waals surface area contributed by atoms with E-state index in [9.17, 15) is 19.1 Å². The minimum atomic E-state index is -0.795. The lowest BCUT2D eigenvalue weighted by Crippen LogP contribution is -2.39. The number of aliphatic hydroxyl groups excluding tert-OH is 1. The molecular weight excluding hydrogens is 401 g/mol. The Kier molecular flexibility index (Phi) is 6.39. The first-order chi connectivity index (χ1) is 15.1. The number of hydrogen-bond donors (Lipinski definition) is 1. The molecule has 1 aromatic carbocycles. The number of hydrogen-bond acceptors (Lipinski definition) is 6. The van der Waals surface area contributed by atoms with E-state index in [4.69, 9.17) is 4.74 Å². The van der Waals surface area contributed by atoms with Gasteiger partial charge in [0.2, 0.25) is 0 Å². The highest BCUT2D eigenvalue weighted by molar-refractivity contribution is 6.46. The highest BCUT2D eigenvalue weighted by Gasteiger charge is 2.46. The van der Waals surface area contributed by atoms with E-state index < -0.39 is 23.5 Å². The molecule has 3 heterocycles. The van der Waals surface area contributed by atoms with Crippen LogP contribution in [0, 0.1) is 5.82 Å². The van der Waals surface area contributed by atoms with Gasteiger partial charge in [-0.05, 0) is 42.8 Å². The Morgan fingerprint density at radius 1 is 1.10 bits per heavy atom. The molecule has 2 saturated heterocycles. The molecule has 0 unspecified atom stereocenters. The van der Waals surface area contributed by atoms with Gasteiger partial charge in [0.25, 0.3) is 11.7 Å². The van der Waals surface area contributed by atoms with Crippen molar-refractivity contribution in [1.82, 2.24) is 14.8 Å². The van der Waals surface area contributed by atoms with Crippen molar-refractivity contribution in [3.63, 3.8) is 0 Å². The monoisotopic (exact) mass is 425 g/mol. The number of likely N-dealkylation sites (tertiary alicyclic amines) is 1. The van der Waals surface area contributed by atoms with Gasteiger partial charge in [0.15, 0.2) is 0 Å². The van der Waals surface area contributed by atoms with Crippen molar-refractivity contribution in [3.8, 4) is 0 Å². The molecule has 0 spiro atoms. The molecule has 1 amide bonds. The number of halogens is 1. The first kappa shape index (κ1) is 21.1. The molecular formula is C23H24FN3O4. The maximum Gasteiger partial charge on any atom is 0.295 e. The summed E-state index contributed by atoms with van der Waals surface area (Å²) in [5.74, 6) is -2.21.